The molecule has 2 heterocycles. The summed E-state index contributed by atoms with van der Waals surface area (Å²) in [5, 5.41) is 11.4. The van der Waals surface area contributed by atoms with Crippen LogP contribution in [0.25, 0.3) is 0 Å². The Hall–Kier alpha value is -1.69. The predicted octanol–water partition coefficient (Wildman–Crippen LogP) is 1.01. The molecule has 0 aliphatic rings. The van der Waals surface area contributed by atoms with Crippen LogP contribution in [0.4, 0.5) is 0 Å². The molecule has 0 unspecified atom stereocenters. The number of hydrogen-bond acceptors (Lipinski definition) is 5. The van der Waals surface area contributed by atoms with Gasteiger partial charge in [-0.05, 0) is 12.5 Å². The molecule has 0 saturated carbocycles. The zero-order chi connectivity index (χ0) is 11.9. The van der Waals surface area contributed by atoms with Crippen LogP contribution in [-0.2, 0) is 19.5 Å². The van der Waals surface area contributed by atoms with Gasteiger partial charge >= 0.3 is 0 Å². The first-order valence-electron chi connectivity index (χ1n) is 5.87. The van der Waals surface area contributed by atoms with Crippen LogP contribution in [-0.4, -0.2) is 26.5 Å². The zero-order valence-electron chi connectivity index (χ0n) is 9.96. The maximum atomic E-state index is 4.67. The summed E-state index contributed by atoms with van der Waals surface area (Å²) < 4.78 is 6.69. The van der Waals surface area contributed by atoms with E-state index in [0.29, 0.717) is 0 Å². The smallest absolute Gasteiger partial charge is 0.213 e. The van der Waals surface area contributed by atoms with E-state index in [1.165, 1.54) is 12.1 Å². The van der Waals surface area contributed by atoms with Gasteiger partial charge in [0, 0.05) is 32.3 Å². The Morgan fingerprint density at radius 1 is 1.47 bits per heavy atom. The molecule has 17 heavy (non-hydrogen) atoms. The van der Waals surface area contributed by atoms with Crippen LogP contribution in [0.3, 0.4) is 0 Å². The van der Waals surface area contributed by atoms with Gasteiger partial charge in [-0.15, -0.1) is 0 Å². The fraction of sp³-hybridized carbons (Fsp3) is 0.545. The van der Waals surface area contributed by atoms with Crippen molar-refractivity contribution < 1.29 is 4.52 Å². The third kappa shape index (κ3) is 3.39. The first kappa shape index (κ1) is 11.8. The number of aryl methyl sites for hydroxylation is 1. The van der Waals surface area contributed by atoms with E-state index in [-0.39, 0.29) is 0 Å². The van der Waals surface area contributed by atoms with Gasteiger partial charge in [0.15, 0.2) is 5.82 Å². The average Bonchev–Trinajstić information content (AvgIpc) is 2.96. The molecule has 0 saturated heterocycles. The van der Waals surface area contributed by atoms with E-state index in [1.807, 2.05) is 16.9 Å². The Morgan fingerprint density at radius 2 is 2.41 bits per heavy atom. The fourth-order valence-corrected chi connectivity index (χ4v) is 1.64. The Morgan fingerprint density at radius 3 is 3.18 bits per heavy atom. The molecular formula is C11H17N5O. The highest BCUT2D eigenvalue weighted by atomic mass is 16.5. The minimum absolute atomic E-state index is 0.736. The molecule has 92 valence electrons. The van der Waals surface area contributed by atoms with Gasteiger partial charge in [0.1, 0.15) is 0 Å². The van der Waals surface area contributed by atoms with Gasteiger partial charge in [-0.2, -0.15) is 10.1 Å². The van der Waals surface area contributed by atoms with Crippen LogP contribution in [0.1, 0.15) is 24.9 Å². The first-order chi connectivity index (χ1) is 8.40. The summed E-state index contributed by atoms with van der Waals surface area (Å²) in [5.74, 6) is 0.736. The summed E-state index contributed by atoms with van der Waals surface area (Å²) in [6.07, 6.45) is 5.06. The lowest BCUT2D eigenvalue weighted by molar-refractivity contribution is 0.409. The number of aromatic nitrogens is 4. The van der Waals surface area contributed by atoms with E-state index < -0.39 is 0 Å². The van der Waals surface area contributed by atoms with Crippen LogP contribution >= 0.6 is 0 Å². The summed E-state index contributed by atoms with van der Waals surface area (Å²) in [7, 11) is 0. The van der Waals surface area contributed by atoms with E-state index in [2.05, 4.69) is 32.0 Å². The Labute approximate surface area is 100 Å². The summed E-state index contributed by atoms with van der Waals surface area (Å²) in [6, 6.07) is 2.04. The van der Waals surface area contributed by atoms with E-state index >= 15 is 0 Å². The molecule has 2 rings (SSSR count). The minimum atomic E-state index is 0.736. The van der Waals surface area contributed by atoms with E-state index in [0.717, 1.165) is 38.3 Å². The topological polar surface area (TPSA) is 68.8 Å². The SMILES string of the molecule is CCCn1nccc1CNCCc1ncon1. The second-order valence-corrected chi connectivity index (χ2v) is 3.82. The number of rotatable bonds is 7. The second-order valence-electron chi connectivity index (χ2n) is 3.82. The van der Waals surface area contributed by atoms with Crippen molar-refractivity contribution in [2.75, 3.05) is 6.54 Å². The van der Waals surface area contributed by atoms with E-state index in [9.17, 15) is 0 Å². The quantitative estimate of drug-likeness (QED) is 0.725. The lowest BCUT2D eigenvalue weighted by Crippen LogP contribution is -2.19. The molecule has 0 aromatic carbocycles. The van der Waals surface area contributed by atoms with Gasteiger partial charge in [-0.1, -0.05) is 12.1 Å². The maximum absolute atomic E-state index is 4.67. The van der Waals surface area contributed by atoms with Crippen LogP contribution in [0.2, 0.25) is 0 Å². The van der Waals surface area contributed by atoms with E-state index in [4.69, 9.17) is 0 Å². The zero-order valence-corrected chi connectivity index (χ0v) is 9.96. The number of nitrogens with one attached hydrogen (secondary N) is 1. The summed E-state index contributed by atoms with van der Waals surface area (Å²) >= 11 is 0. The molecule has 0 amide bonds. The summed E-state index contributed by atoms with van der Waals surface area (Å²) in [4.78, 5) is 3.96. The normalized spacial score (nSPS) is 10.9. The molecule has 0 bridgehead atoms. The summed E-state index contributed by atoms with van der Waals surface area (Å²) in [6.45, 7) is 4.76. The van der Waals surface area contributed by atoms with Crippen molar-refractivity contribution >= 4 is 0 Å². The molecule has 6 heteroatoms. The number of hydrogen-bond donors (Lipinski definition) is 1. The molecule has 0 spiro atoms. The Kier molecular flexibility index (Phi) is 4.26. The average molecular weight is 235 g/mol. The van der Waals surface area contributed by atoms with Gasteiger partial charge in [-0.3, -0.25) is 4.68 Å². The van der Waals surface area contributed by atoms with Gasteiger partial charge in [0.05, 0.1) is 5.69 Å². The molecular weight excluding hydrogens is 218 g/mol. The Bertz CT molecular complexity index is 423. The molecule has 0 radical (unpaired) electrons. The van der Waals surface area contributed by atoms with E-state index in [1.54, 1.807) is 0 Å². The van der Waals surface area contributed by atoms with Crippen LogP contribution < -0.4 is 5.32 Å². The van der Waals surface area contributed by atoms with Crippen molar-refractivity contribution in [2.45, 2.75) is 32.9 Å². The van der Waals surface area contributed by atoms with Crippen molar-refractivity contribution in [3.63, 3.8) is 0 Å². The lowest BCUT2D eigenvalue weighted by atomic mass is 10.3. The molecule has 2 aromatic heterocycles. The molecule has 1 N–H and O–H groups in total. The number of nitrogens with zero attached hydrogens (tertiary/aromatic N) is 4. The van der Waals surface area contributed by atoms with Crippen LogP contribution in [0.5, 0.6) is 0 Å². The molecule has 0 aliphatic carbocycles. The third-order valence-electron chi connectivity index (χ3n) is 2.48. The Balaban J connectivity index is 1.72. The van der Waals surface area contributed by atoms with Crippen molar-refractivity contribution in [3.05, 3.63) is 30.2 Å². The largest absolute Gasteiger partial charge is 0.343 e. The van der Waals surface area contributed by atoms with Gasteiger partial charge in [0.25, 0.3) is 0 Å². The van der Waals surface area contributed by atoms with Crippen LogP contribution in [0, 0.1) is 0 Å². The fourth-order valence-electron chi connectivity index (χ4n) is 1.64. The predicted molar refractivity (Wildman–Crippen MR) is 62.2 cm³/mol. The molecule has 0 aliphatic heterocycles. The monoisotopic (exact) mass is 235 g/mol. The molecule has 2 aromatic rings. The van der Waals surface area contributed by atoms with Crippen molar-refractivity contribution in [1.29, 1.82) is 0 Å². The molecule has 0 atom stereocenters. The van der Waals surface area contributed by atoms with Crippen molar-refractivity contribution in [1.82, 2.24) is 25.2 Å². The highest BCUT2D eigenvalue weighted by molar-refractivity contribution is 5.00. The first-order valence-corrected chi connectivity index (χ1v) is 5.87. The van der Waals surface area contributed by atoms with Crippen molar-refractivity contribution in [2.24, 2.45) is 0 Å². The van der Waals surface area contributed by atoms with Crippen molar-refractivity contribution in [3.8, 4) is 0 Å². The third-order valence-corrected chi connectivity index (χ3v) is 2.48. The second kappa shape index (κ2) is 6.15. The van der Waals surface area contributed by atoms with Gasteiger partial charge in [0.2, 0.25) is 6.39 Å². The minimum Gasteiger partial charge on any atom is -0.343 e. The van der Waals surface area contributed by atoms with Gasteiger partial charge in [-0.25, -0.2) is 0 Å². The molecule has 6 nitrogen and oxygen atoms in total. The standard InChI is InChI=1S/C11H17N5O/c1-2-7-16-10(3-6-14-16)8-12-5-4-11-13-9-17-15-11/h3,6,9,12H,2,4-5,7-8H2,1H3. The lowest BCUT2D eigenvalue weighted by Gasteiger charge is -2.06. The van der Waals surface area contributed by atoms with Crippen LogP contribution in [0.15, 0.2) is 23.2 Å². The highest BCUT2D eigenvalue weighted by Crippen LogP contribution is 1.99. The molecule has 0 fully saturated rings. The highest BCUT2D eigenvalue weighted by Gasteiger charge is 2.02. The maximum Gasteiger partial charge on any atom is 0.213 e. The van der Waals surface area contributed by atoms with Gasteiger partial charge < -0.3 is 9.84 Å². The summed E-state index contributed by atoms with van der Waals surface area (Å²) in [5.41, 5.74) is 1.21.